The highest BCUT2D eigenvalue weighted by Crippen LogP contribution is 2.18. The van der Waals surface area contributed by atoms with Crippen LogP contribution in [0.15, 0.2) is 54.6 Å². The largest absolute Gasteiger partial charge is 0.492 e. The van der Waals surface area contributed by atoms with Crippen molar-refractivity contribution in [2.24, 2.45) is 0 Å². The van der Waals surface area contributed by atoms with Crippen molar-refractivity contribution < 1.29 is 19.4 Å². The van der Waals surface area contributed by atoms with Crippen molar-refractivity contribution in [1.82, 2.24) is 5.32 Å². The van der Waals surface area contributed by atoms with Crippen LogP contribution in [0.1, 0.15) is 24.1 Å². The molecule has 134 valence electrons. The van der Waals surface area contributed by atoms with E-state index in [1.54, 1.807) is 6.92 Å². The fourth-order valence-electron chi connectivity index (χ4n) is 2.57. The zero-order chi connectivity index (χ0) is 18.1. The summed E-state index contributed by atoms with van der Waals surface area (Å²) in [7, 11) is 1.91. The van der Waals surface area contributed by atoms with Crippen molar-refractivity contribution in [3.05, 3.63) is 65.7 Å². The Morgan fingerprint density at radius 2 is 1.80 bits per heavy atom. The van der Waals surface area contributed by atoms with E-state index in [1.165, 1.54) is 5.56 Å². The average Bonchev–Trinajstić information content (AvgIpc) is 2.64. The molecule has 0 fully saturated rings. The molecule has 5 heteroatoms. The smallest absolute Gasteiger partial charge is 0.333 e. The zero-order valence-corrected chi connectivity index (χ0v) is 14.6. The van der Waals surface area contributed by atoms with E-state index >= 15 is 0 Å². The highest BCUT2D eigenvalue weighted by atomic mass is 16.5. The maximum atomic E-state index is 11.1. The Balaban J connectivity index is 1.92. The van der Waals surface area contributed by atoms with E-state index < -0.39 is 12.1 Å². The minimum atomic E-state index is -0.943. The van der Waals surface area contributed by atoms with Crippen molar-refractivity contribution in [2.45, 2.75) is 25.5 Å². The predicted octanol–water partition coefficient (Wildman–Crippen LogP) is 3.06. The lowest BCUT2D eigenvalue weighted by atomic mass is 10.1. The molecule has 0 aliphatic rings. The normalized spacial score (nSPS) is 13.2. The molecule has 0 spiro atoms. The molecule has 2 aromatic carbocycles. The lowest BCUT2D eigenvalue weighted by molar-refractivity contribution is -0.149. The zero-order valence-electron chi connectivity index (χ0n) is 14.6. The molecule has 2 rings (SSSR count). The number of ether oxygens (including phenoxy) is 2. The molecule has 2 aromatic rings. The van der Waals surface area contributed by atoms with Crippen molar-refractivity contribution >= 4 is 5.97 Å². The molecule has 2 N–H and O–H groups in total. The Labute approximate surface area is 148 Å². The molecule has 0 heterocycles. The predicted molar refractivity (Wildman–Crippen MR) is 96.9 cm³/mol. The maximum absolute atomic E-state index is 11.1. The van der Waals surface area contributed by atoms with Gasteiger partial charge in [-0.05, 0) is 37.2 Å². The first kappa shape index (κ1) is 19.0. The molecule has 25 heavy (non-hydrogen) atoms. The number of likely N-dealkylation sites (N-methyl/N-ethyl adjacent to an activating group) is 1. The number of carboxylic acid groups (broad SMARTS) is 1. The van der Waals surface area contributed by atoms with Crippen molar-refractivity contribution in [3.8, 4) is 5.75 Å². The molecule has 0 radical (unpaired) electrons. The topological polar surface area (TPSA) is 67.8 Å². The monoisotopic (exact) mass is 343 g/mol. The van der Waals surface area contributed by atoms with Crippen LogP contribution in [0, 0.1) is 0 Å². The van der Waals surface area contributed by atoms with E-state index in [2.05, 4.69) is 17.4 Å². The van der Waals surface area contributed by atoms with Crippen LogP contribution in [-0.4, -0.2) is 37.4 Å². The number of aliphatic carboxylic acids is 1. The highest BCUT2D eigenvalue weighted by Gasteiger charge is 2.18. The summed E-state index contributed by atoms with van der Waals surface area (Å²) < 4.78 is 11.1. The summed E-state index contributed by atoms with van der Waals surface area (Å²) in [4.78, 5) is 11.1. The number of rotatable bonds is 10. The first-order valence-corrected chi connectivity index (χ1v) is 8.42. The summed E-state index contributed by atoms with van der Waals surface area (Å²) in [6.07, 6.45) is -0.476. The van der Waals surface area contributed by atoms with Crippen molar-refractivity contribution in [3.63, 3.8) is 0 Å². The lowest BCUT2D eigenvalue weighted by Crippen LogP contribution is -2.26. The fourth-order valence-corrected chi connectivity index (χ4v) is 2.57. The molecular formula is C20H25NO4. The molecule has 0 saturated carbocycles. The van der Waals surface area contributed by atoms with Gasteiger partial charge in [0.25, 0.3) is 0 Å². The van der Waals surface area contributed by atoms with Gasteiger partial charge in [-0.1, -0.05) is 42.5 Å². The number of nitrogens with one attached hydrogen (secondary N) is 1. The molecule has 0 unspecified atom stereocenters. The number of carbonyl (C=O) groups is 1. The molecule has 0 aromatic heterocycles. The summed E-state index contributed by atoms with van der Waals surface area (Å²) in [5, 5.41) is 12.4. The summed E-state index contributed by atoms with van der Waals surface area (Å²) in [6.45, 7) is 2.68. The van der Waals surface area contributed by atoms with Crippen molar-refractivity contribution in [2.75, 3.05) is 20.3 Å². The Kier molecular flexibility index (Phi) is 7.44. The van der Waals surface area contributed by atoms with Crippen molar-refractivity contribution in [1.29, 1.82) is 0 Å². The van der Waals surface area contributed by atoms with E-state index in [0.29, 0.717) is 19.6 Å². The summed E-state index contributed by atoms with van der Waals surface area (Å²) in [6, 6.07) is 17.7. The minimum Gasteiger partial charge on any atom is -0.492 e. The molecule has 0 aliphatic carbocycles. The number of hydrogen-bond donors (Lipinski definition) is 2. The van der Waals surface area contributed by atoms with Gasteiger partial charge in [0.05, 0.1) is 6.04 Å². The molecule has 2 atom stereocenters. The molecule has 5 nitrogen and oxygen atoms in total. The fraction of sp³-hybridized carbons (Fsp3) is 0.350. The van der Waals surface area contributed by atoms with Gasteiger partial charge in [0.2, 0.25) is 0 Å². The highest BCUT2D eigenvalue weighted by molar-refractivity contribution is 5.72. The third-order valence-electron chi connectivity index (χ3n) is 3.95. The van der Waals surface area contributed by atoms with Gasteiger partial charge in [-0.3, -0.25) is 0 Å². The maximum Gasteiger partial charge on any atom is 0.333 e. The van der Waals surface area contributed by atoms with Gasteiger partial charge in [0.15, 0.2) is 6.10 Å². The third kappa shape index (κ3) is 5.89. The van der Waals surface area contributed by atoms with Gasteiger partial charge in [-0.25, -0.2) is 4.79 Å². The van der Waals surface area contributed by atoms with Crippen LogP contribution >= 0.6 is 0 Å². The van der Waals surface area contributed by atoms with Crippen LogP contribution in [0.5, 0.6) is 5.75 Å². The second-order valence-corrected chi connectivity index (χ2v) is 5.69. The number of hydrogen-bond acceptors (Lipinski definition) is 4. The van der Waals surface area contributed by atoms with Gasteiger partial charge >= 0.3 is 5.97 Å². The third-order valence-corrected chi connectivity index (χ3v) is 3.95. The van der Waals surface area contributed by atoms with E-state index in [9.17, 15) is 4.79 Å². The summed E-state index contributed by atoms with van der Waals surface area (Å²) in [5.41, 5.74) is 2.07. The van der Waals surface area contributed by atoms with Crippen LogP contribution in [0.2, 0.25) is 0 Å². The first-order valence-electron chi connectivity index (χ1n) is 8.42. The standard InChI is InChI=1S/C20H25NO4/c1-3-24-19(20(22)23)13-15-9-11-17(12-10-15)25-14-18(21-2)16-7-5-4-6-8-16/h4-12,18-19,21H,3,13-14H2,1-2H3,(H,22,23)/t18-,19-/m0/s1. The molecule has 0 bridgehead atoms. The first-order chi connectivity index (χ1) is 12.1. The average molecular weight is 343 g/mol. The minimum absolute atomic E-state index is 0.107. The Morgan fingerprint density at radius 1 is 1.12 bits per heavy atom. The molecule has 0 saturated heterocycles. The Hall–Kier alpha value is -2.37. The Bertz CT molecular complexity index is 643. The molecule has 0 amide bonds. The summed E-state index contributed by atoms with van der Waals surface area (Å²) >= 11 is 0. The van der Waals surface area contributed by atoms with Crippen LogP contribution in [0.25, 0.3) is 0 Å². The molecule has 0 aliphatic heterocycles. The Morgan fingerprint density at radius 3 is 2.36 bits per heavy atom. The quantitative estimate of drug-likeness (QED) is 0.694. The van der Waals surface area contributed by atoms with E-state index in [4.69, 9.17) is 14.6 Å². The number of benzene rings is 2. The second-order valence-electron chi connectivity index (χ2n) is 5.69. The SMILES string of the molecule is CCO[C@@H](Cc1ccc(OC[C@H](NC)c2ccccc2)cc1)C(=O)O. The van der Waals surface area contributed by atoms with Crippen LogP contribution in [0.4, 0.5) is 0 Å². The van der Waals surface area contributed by atoms with Gasteiger partial charge in [0.1, 0.15) is 12.4 Å². The molecular weight excluding hydrogens is 318 g/mol. The lowest BCUT2D eigenvalue weighted by Gasteiger charge is -2.18. The van der Waals surface area contributed by atoms with E-state index in [0.717, 1.165) is 11.3 Å². The van der Waals surface area contributed by atoms with Gasteiger partial charge in [0, 0.05) is 13.0 Å². The van der Waals surface area contributed by atoms with Crippen LogP contribution < -0.4 is 10.1 Å². The van der Waals surface area contributed by atoms with E-state index in [-0.39, 0.29) is 6.04 Å². The second kappa shape index (κ2) is 9.81. The van der Waals surface area contributed by atoms with Gasteiger partial charge in [-0.2, -0.15) is 0 Å². The summed E-state index contributed by atoms with van der Waals surface area (Å²) in [5.74, 6) is -0.190. The number of carboxylic acids is 1. The van der Waals surface area contributed by atoms with Gasteiger partial charge < -0.3 is 19.9 Å². The van der Waals surface area contributed by atoms with E-state index in [1.807, 2.05) is 49.5 Å². The van der Waals surface area contributed by atoms with Gasteiger partial charge in [-0.15, -0.1) is 0 Å². The van der Waals surface area contributed by atoms with Crippen LogP contribution in [0.3, 0.4) is 0 Å². The van der Waals surface area contributed by atoms with Crippen LogP contribution in [-0.2, 0) is 16.0 Å².